The van der Waals surface area contributed by atoms with E-state index >= 15 is 0 Å². The molecule has 0 aliphatic carbocycles. The van der Waals surface area contributed by atoms with Gasteiger partial charge in [0, 0.05) is 13.1 Å². The van der Waals surface area contributed by atoms with Crippen LogP contribution in [0.15, 0.2) is 6.07 Å². The molecule has 1 aromatic heterocycles. The number of halogens is 3. The minimum Gasteiger partial charge on any atom is -0.354 e. The summed E-state index contributed by atoms with van der Waals surface area (Å²) < 4.78 is 61.5. The van der Waals surface area contributed by atoms with Crippen LogP contribution in [0.1, 0.15) is 10.5 Å². The molecule has 0 aromatic carbocycles. The molecule has 0 amide bonds. The zero-order valence-corrected chi connectivity index (χ0v) is 9.32. The minimum atomic E-state index is -5.88. The lowest BCUT2D eigenvalue weighted by Gasteiger charge is -2.06. The van der Waals surface area contributed by atoms with E-state index in [0.29, 0.717) is 10.7 Å². The average molecular weight is 290 g/mol. The minimum absolute atomic E-state index is 0.509. The van der Waals surface area contributed by atoms with Gasteiger partial charge in [-0.15, -0.1) is 5.10 Å². The van der Waals surface area contributed by atoms with Crippen LogP contribution >= 0.6 is 0 Å². The number of aryl methyl sites for hydroxylation is 1. The number of alkyl halides is 3. The molecule has 1 aromatic rings. The van der Waals surface area contributed by atoms with Crippen molar-refractivity contribution in [3.05, 3.63) is 11.8 Å². The Bertz CT molecular complexity index is 562. The van der Waals surface area contributed by atoms with Gasteiger partial charge in [-0.25, -0.2) is 4.79 Å². The Morgan fingerprint density at radius 3 is 2.50 bits per heavy atom. The molecule has 102 valence electrons. The van der Waals surface area contributed by atoms with Crippen molar-refractivity contribution in [3.63, 3.8) is 0 Å². The van der Waals surface area contributed by atoms with Gasteiger partial charge in [-0.1, -0.05) is 0 Å². The van der Waals surface area contributed by atoms with E-state index in [-0.39, 0.29) is 0 Å². The van der Waals surface area contributed by atoms with Crippen molar-refractivity contribution in [2.75, 3.05) is 0 Å². The molecule has 1 heterocycles. The highest BCUT2D eigenvalue weighted by atomic mass is 32.2. The highest BCUT2D eigenvalue weighted by Crippen LogP contribution is 2.26. The number of aromatic nitrogens is 2. The molecule has 0 saturated heterocycles. The third-order valence-corrected chi connectivity index (χ3v) is 2.59. The summed E-state index contributed by atoms with van der Waals surface area (Å²) >= 11 is 0. The van der Waals surface area contributed by atoms with Gasteiger partial charge in [-0.3, -0.25) is 9.57 Å². The molecule has 0 fully saturated rings. The normalized spacial score (nSPS) is 12.3. The largest absolute Gasteiger partial charge is 0.534 e. The number of carbonyl (C=O) groups is 1. The first-order valence-corrected chi connectivity index (χ1v) is 5.40. The van der Waals surface area contributed by atoms with E-state index in [1.165, 1.54) is 0 Å². The molecule has 18 heavy (non-hydrogen) atoms. The molecule has 1 rings (SSSR count). The first-order chi connectivity index (χ1) is 8.08. The SMILES string of the molecule is Cn1nc(OS(=O)(=O)C(F)(F)F)cc1C(=O)OO. The van der Waals surface area contributed by atoms with Gasteiger partial charge in [0.05, 0.1) is 0 Å². The van der Waals surface area contributed by atoms with E-state index < -0.39 is 33.2 Å². The van der Waals surface area contributed by atoms with Gasteiger partial charge in [-0.2, -0.15) is 26.8 Å². The predicted octanol–water partition coefficient (Wildman–Crippen LogP) is 0.278. The van der Waals surface area contributed by atoms with Gasteiger partial charge in [0.1, 0.15) is 0 Å². The van der Waals surface area contributed by atoms with E-state index in [2.05, 4.69) is 14.2 Å². The van der Waals surface area contributed by atoms with Gasteiger partial charge in [0.2, 0.25) is 0 Å². The summed E-state index contributed by atoms with van der Waals surface area (Å²) in [6, 6.07) is 0.557. The van der Waals surface area contributed by atoms with Gasteiger partial charge < -0.3 is 4.18 Å². The topological polar surface area (TPSA) is 108 Å². The van der Waals surface area contributed by atoms with Gasteiger partial charge >= 0.3 is 21.6 Å². The van der Waals surface area contributed by atoms with E-state index in [1.54, 1.807) is 0 Å². The smallest absolute Gasteiger partial charge is 0.354 e. The molecular formula is C6H5F3N2O6S. The van der Waals surface area contributed by atoms with Crippen molar-refractivity contribution in [3.8, 4) is 5.88 Å². The second kappa shape index (κ2) is 4.45. The molecule has 0 atom stereocenters. The van der Waals surface area contributed by atoms with Crippen molar-refractivity contribution in [1.29, 1.82) is 0 Å². The summed E-state index contributed by atoms with van der Waals surface area (Å²) in [5, 5.41) is 11.2. The molecule has 0 spiro atoms. The van der Waals surface area contributed by atoms with Gasteiger partial charge in [0.15, 0.2) is 5.69 Å². The standard InChI is InChI=1S/C6H5F3N2O6S/c1-11-3(5(12)16-13)2-4(10-11)17-18(14,15)6(7,8)9/h2,13H,1H3. The zero-order valence-electron chi connectivity index (χ0n) is 8.50. The summed E-state index contributed by atoms with van der Waals surface area (Å²) in [6.45, 7) is 0. The lowest BCUT2D eigenvalue weighted by atomic mass is 10.4. The number of hydrogen-bond donors (Lipinski definition) is 1. The maximum atomic E-state index is 12.0. The molecule has 12 heteroatoms. The fourth-order valence-corrected chi connectivity index (χ4v) is 1.28. The lowest BCUT2D eigenvalue weighted by molar-refractivity contribution is -0.183. The van der Waals surface area contributed by atoms with Crippen LogP contribution in [-0.2, 0) is 22.1 Å². The molecule has 0 aliphatic heterocycles. The Labute approximate surface area is 97.6 Å². The van der Waals surface area contributed by atoms with Crippen molar-refractivity contribution in [2.45, 2.75) is 5.51 Å². The maximum absolute atomic E-state index is 12.0. The van der Waals surface area contributed by atoms with Crippen molar-refractivity contribution < 1.29 is 40.7 Å². The summed E-state index contributed by atoms with van der Waals surface area (Å²) in [5.74, 6) is -2.33. The highest BCUT2D eigenvalue weighted by Gasteiger charge is 2.49. The summed E-state index contributed by atoms with van der Waals surface area (Å²) in [7, 11) is -4.78. The summed E-state index contributed by atoms with van der Waals surface area (Å²) in [5.41, 5.74) is -6.13. The molecule has 0 bridgehead atoms. The summed E-state index contributed by atoms with van der Waals surface area (Å²) in [6.07, 6.45) is 0. The number of nitrogens with zero attached hydrogens (tertiary/aromatic N) is 2. The molecule has 0 radical (unpaired) electrons. The van der Waals surface area contributed by atoms with E-state index in [9.17, 15) is 26.4 Å². The first-order valence-electron chi connectivity index (χ1n) is 3.99. The Balaban J connectivity index is 3.05. The molecule has 0 aliphatic rings. The average Bonchev–Trinajstić information content (AvgIpc) is 2.55. The molecule has 8 nitrogen and oxygen atoms in total. The zero-order chi connectivity index (χ0) is 14.1. The van der Waals surface area contributed by atoms with Crippen LogP contribution in [0.2, 0.25) is 0 Å². The fourth-order valence-electron chi connectivity index (χ4n) is 0.879. The van der Waals surface area contributed by atoms with Crippen molar-refractivity contribution >= 4 is 16.1 Å². The second-order valence-corrected chi connectivity index (χ2v) is 4.39. The van der Waals surface area contributed by atoms with Crippen molar-refractivity contribution in [1.82, 2.24) is 9.78 Å². The number of rotatable bonds is 3. The third kappa shape index (κ3) is 2.70. The molecular weight excluding hydrogens is 285 g/mol. The molecule has 0 saturated carbocycles. The van der Waals surface area contributed by atoms with Crippen molar-refractivity contribution in [2.24, 2.45) is 7.05 Å². The first kappa shape index (κ1) is 14.2. The maximum Gasteiger partial charge on any atom is 0.534 e. The lowest BCUT2D eigenvalue weighted by Crippen LogP contribution is -2.28. The Kier molecular flexibility index (Phi) is 3.52. The number of hydrogen-bond acceptors (Lipinski definition) is 7. The highest BCUT2D eigenvalue weighted by molar-refractivity contribution is 7.87. The second-order valence-electron chi connectivity index (χ2n) is 2.85. The van der Waals surface area contributed by atoms with Crippen LogP contribution in [0.25, 0.3) is 0 Å². The van der Waals surface area contributed by atoms with Crippen LogP contribution in [0.3, 0.4) is 0 Å². The quantitative estimate of drug-likeness (QED) is 0.368. The van der Waals surface area contributed by atoms with E-state index in [0.717, 1.165) is 7.05 Å². The van der Waals surface area contributed by atoms with Crippen LogP contribution in [0, 0.1) is 0 Å². The Hall–Kier alpha value is -1.82. The van der Waals surface area contributed by atoms with Crippen LogP contribution < -0.4 is 4.18 Å². The predicted molar refractivity (Wildman–Crippen MR) is 46.9 cm³/mol. The van der Waals surface area contributed by atoms with E-state index in [1.807, 2.05) is 0 Å². The molecule has 0 unspecified atom stereocenters. The van der Waals surface area contributed by atoms with Gasteiger partial charge in [-0.05, 0) is 0 Å². The monoisotopic (exact) mass is 290 g/mol. The van der Waals surface area contributed by atoms with Crippen LogP contribution in [0.5, 0.6) is 5.88 Å². The number of carbonyl (C=O) groups excluding carboxylic acids is 1. The Morgan fingerprint density at radius 2 is 2.06 bits per heavy atom. The van der Waals surface area contributed by atoms with E-state index in [4.69, 9.17) is 5.26 Å². The van der Waals surface area contributed by atoms with Crippen LogP contribution in [-0.4, -0.2) is 34.9 Å². The van der Waals surface area contributed by atoms with Gasteiger partial charge in [0.25, 0.3) is 5.88 Å². The van der Waals surface area contributed by atoms with Crippen LogP contribution in [0.4, 0.5) is 13.2 Å². The fraction of sp³-hybridized carbons (Fsp3) is 0.333. The Morgan fingerprint density at radius 1 is 1.50 bits per heavy atom. The summed E-state index contributed by atoms with van der Waals surface area (Å²) in [4.78, 5) is 14.2. The third-order valence-electron chi connectivity index (χ3n) is 1.63. The molecule has 1 N–H and O–H groups in total.